The molecule has 7 heteroatoms. The van der Waals surface area contributed by atoms with Crippen molar-refractivity contribution in [1.29, 1.82) is 5.26 Å². The lowest BCUT2D eigenvalue weighted by Crippen LogP contribution is -2.27. The molecule has 2 rings (SSSR count). The molecule has 1 N–H and O–H groups in total. The van der Waals surface area contributed by atoms with E-state index >= 15 is 0 Å². The van der Waals surface area contributed by atoms with Crippen LogP contribution in [0.15, 0.2) is 47.4 Å². The van der Waals surface area contributed by atoms with E-state index in [2.05, 4.69) is 4.72 Å². The summed E-state index contributed by atoms with van der Waals surface area (Å²) in [5, 5.41) is 9.72. The molecule has 1 atom stereocenters. The summed E-state index contributed by atoms with van der Waals surface area (Å²) in [4.78, 5) is 0.0310. The molecule has 0 aliphatic carbocycles. The first-order valence-corrected chi connectivity index (χ1v) is 8.55. The minimum absolute atomic E-state index is 0.0310. The van der Waals surface area contributed by atoms with Crippen LogP contribution in [-0.2, 0) is 10.0 Å². The van der Waals surface area contributed by atoms with E-state index in [-0.39, 0.29) is 10.5 Å². The number of nitrogens with one attached hydrogen (secondary N) is 1. The van der Waals surface area contributed by atoms with Gasteiger partial charge < -0.3 is 0 Å². The van der Waals surface area contributed by atoms with E-state index < -0.39 is 16.1 Å². The van der Waals surface area contributed by atoms with Crippen molar-refractivity contribution in [3.8, 4) is 6.07 Å². The van der Waals surface area contributed by atoms with E-state index in [1.54, 1.807) is 31.2 Å². The second-order valence-corrected chi connectivity index (χ2v) is 7.21. The summed E-state index contributed by atoms with van der Waals surface area (Å²) < 4.78 is 27.3. The summed E-state index contributed by atoms with van der Waals surface area (Å²) in [6.07, 6.45) is 0. The second-order valence-electron chi connectivity index (χ2n) is 4.65. The lowest BCUT2D eigenvalue weighted by Gasteiger charge is -2.16. The Morgan fingerprint density at radius 1 is 1.18 bits per heavy atom. The summed E-state index contributed by atoms with van der Waals surface area (Å²) in [7, 11) is -3.76. The highest BCUT2D eigenvalue weighted by Crippen LogP contribution is 2.27. The Balaban J connectivity index is 2.30. The molecule has 0 fully saturated rings. The molecule has 22 heavy (non-hydrogen) atoms. The zero-order chi connectivity index (χ0) is 16.3. The minimum Gasteiger partial charge on any atom is -0.207 e. The van der Waals surface area contributed by atoms with Crippen LogP contribution in [0.2, 0.25) is 10.0 Å². The topological polar surface area (TPSA) is 70.0 Å². The monoisotopic (exact) mass is 354 g/mol. The van der Waals surface area contributed by atoms with Gasteiger partial charge in [0.2, 0.25) is 10.0 Å². The average molecular weight is 355 g/mol. The molecular weight excluding hydrogens is 343 g/mol. The summed E-state index contributed by atoms with van der Waals surface area (Å²) in [6.45, 7) is 1.68. The Hall–Kier alpha value is -1.58. The van der Waals surface area contributed by atoms with Crippen LogP contribution in [0.1, 0.15) is 24.1 Å². The molecule has 4 nitrogen and oxygen atoms in total. The number of hydrogen-bond acceptors (Lipinski definition) is 3. The van der Waals surface area contributed by atoms with Gasteiger partial charge in [0.1, 0.15) is 0 Å². The minimum atomic E-state index is -3.76. The van der Waals surface area contributed by atoms with Crippen molar-refractivity contribution in [2.24, 2.45) is 0 Å². The molecule has 0 radical (unpaired) electrons. The van der Waals surface area contributed by atoms with E-state index in [9.17, 15) is 8.42 Å². The molecule has 0 aliphatic rings. The van der Waals surface area contributed by atoms with Gasteiger partial charge in [-0.1, -0.05) is 35.3 Å². The van der Waals surface area contributed by atoms with Crippen molar-refractivity contribution in [2.75, 3.05) is 0 Å². The fourth-order valence-corrected chi connectivity index (χ4v) is 3.79. The van der Waals surface area contributed by atoms with E-state index in [0.717, 1.165) is 0 Å². The molecule has 0 heterocycles. The van der Waals surface area contributed by atoms with Crippen molar-refractivity contribution in [2.45, 2.75) is 17.9 Å². The van der Waals surface area contributed by atoms with E-state index in [1.165, 1.54) is 18.2 Å². The van der Waals surface area contributed by atoms with Crippen LogP contribution in [0, 0.1) is 11.3 Å². The van der Waals surface area contributed by atoms with Crippen molar-refractivity contribution in [3.05, 3.63) is 63.6 Å². The quantitative estimate of drug-likeness (QED) is 0.904. The number of hydrogen-bond donors (Lipinski definition) is 1. The fraction of sp³-hybridized carbons (Fsp3) is 0.133. The largest absolute Gasteiger partial charge is 0.241 e. The molecule has 0 saturated heterocycles. The van der Waals surface area contributed by atoms with Crippen LogP contribution in [0.4, 0.5) is 0 Å². The van der Waals surface area contributed by atoms with Gasteiger partial charge in [-0.25, -0.2) is 13.1 Å². The van der Waals surface area contributed by atoms with Crippen molar-refractivity contribution in [1.82, 2.24) is 4.72 Å². The van der Waals surface area contributed by atoms with Gasteiger partial charge in [-0.2, -0.15) is 5.26 Å². The SMILES string of the molecule is C[C@@H](NS(=O)(=O)c1cccc(C#N)c1)c1ccc(Cl)cc1Cl. The highest BCUT2D eigenvalue weighted by atomic mass is 35.5. The molecule has 0 bridgehead atoms. The summed E-state index contributed by atoms with van der Waals surface area (Å²) in [5.41, 5.74) is 0.895. The van der Waals surface area contributed by atoms with Crippen molar-refractivity contribution in [3.63, 3.8) is 0 Å². The van der Waals surface area contributed by atoms with Crippen LogP contribution in [-0.4, -0.2) is 8.42 Å². The number of rotatable bonds is 4. The lowest BCUT2D eigenvalue weighted by molar-refractivity contribution is 0.567. The number of halogens is 2. The molecule has 114 valence electrons. The number of nitrogens with zero attached hydrogens (tertiary/aromatic N) is 1. The Kier molecular flexibility index (Phi) is 5.09. The van der Waals surface area contributed by atoms with Gasteiger partial charge in [0.15, 0.2) is 0 Å². The smallest absolute Gasteiger partial charge is 0.207 e. The highest BCUT2D eigenvalue weighted by molar-refractivity contribution is 7.89. The van der Waals surface area contributed by atoms with E-state index in [4.69, 9.17) is 28.5 Å². The maximum Gasteiger partial charge on any atom is 0.241 e. The van der Waals surface area contributed by atoms with Crippen molar-refractivity contribution >= 4 is 33.2 Å². The Bertz CT molecular complexity index is 845. The molecule has 2 aromatic rings. The number of nitriles is 1. The third-order valence-corrected chi connectivity index (χ3v) is 5.14. The van der Waals surface area contributed by atoms with Gasteiger partial charge in [-0.05, 0) is 42.8 Å². The fourth-order valence-electron chi connectivity index (χ4n) is 1.95. The van der Waals surface area contributed by atoms with Crippen LogP contribution < -0.4 is 4.72 Å². The maximum absolute atomic E-state index is 12.4. The molecule has 0 saturated carbocycles. The predicted octanol–water partition coefficient (Wildman–Crippen LogP) is 3.90. The molecule has 0 unspecified atom stereocenters. The van der Waals surface area contributed by atoms with Gasteiger partial charge in [0, 0.05) is 16.1 Å². The summed E-state index contributed by atoms with van der Waals surface area (Å²) in [5.74, 6) is 0. The lowest BCUT2D eigenvalue weighted by atomic mass is 10.1. The van der Waals surface area contributed by atoms with Crippen LogP contribution in [0.25, 0.3) is 0 Å². The van der Waals surface area contributed by atoms with Crippen LogP contribution in [0.3, 0.4) is 0 Å². The molecule has 0 aromatic heterocycles. The molecule has 0 spiro atoms. The van der Waals surface area contributed by atoms with E-state index in [1.807, 2.05) is 6.07 Å². The third-order valence-electron chi connectivity index (χ3n) is 3.03. The zero-order valence-corrected chi connectivity index (χ0v) is 13.9. The van der Waals surface area contributed by atoms with Gasteiger partial charge >= 0.3 is 0 Å². The Morgan fingerprint density at radius 3 is 2.55 bits per heavy atom. The number of sulfonamides is 1. The normalized spacial score (nSPS) is 12.6. The van der Waals surface area contributed by atoms with Gasteiger partial charge in [-0.3, -0.25) is 0 Å². The van der Waals surface area contributed by atoms with Gasteiger partial charge in [0.05, 0.1) is 16.5 Å². The molecule has 2 aromatic carbocycles. The summed E-state index contributed by atoms with van der Waals surface area (Å²) >= 11 is 11.9. The standard InChI is InChI=1S/C15H12Cl2N2O2S/c1-10(14-6-5-12(16)8-15(14)17)19-22(20,21)13-4-2-3-11(7-13)9-18/h2-8,10,19H,1H3/t10-/m1/s1. The maximum atomic E-state index is 12.4. The summed E-state index contributed by atoms with van der Waals surface area (Å²) in [6, 6.07) is 12.0. The average Bonchev–Trinajstić information content (AvgIpc) is 2.46. The first-order chi connectivity index (χ1) is 10.3. The molecular formula is C15H12Cl2N2O2S. The predicted molar refractivity (Wildman–Crippen MR) is 86.4 cm³/mol. The van der Waals surface area contributed by atoms with Gasteiger partial charge in [0.25, 0.3) is 0 Å². The molecule has 0 amide bonds. The first kappa shape index (κ1) is 16.8. The van der Waals surface area contributed by atoms with Crippen LogP contribution >= 0.6 is 23.2 Å². The second kappa shape index (κ2) is 6.67. The first-order valence-electron chi connectivity index (χ1n) is 6.31. The Labute approximate surface area is 139 Å². The van der Waals surface area contributed by atoms with E-state index in [0.29, 0.717) is 15.6 Å². The van der Waals surface area contributed by atoms with Crippen LogP contribution in [0.5, 0.6) is 0 Å². The molecule has 0 aliphatic heterocycles. The number of benzene rings is 2. The third kappa shape index (κ3) is 3.79. The van der Waals surface area contributed by atoms with Crippen molar-refractivity contribution < 1.29 is 8.42 Å². The zero-order valence-electron chi connectivity index (χ0n) is 11.5. The Morgan fingerprint density at radius 2 is 1.91 bits per heavy atom. The highest BCUT2D eigenvalue weighted by Gasteiger charge is 2.20. The van der Waals surface area contributed by atoms with Gasteiger partial charge in [-0.15, -0.1) is 0 Å².